The zero-order valence-corrected chi connectivity index (χ0v) is 15.0. The predicted molar refractivity (Wildman–Crippen MR) is 81.7 cm³/mol. The van der Waals surface area contributed by atoms with Crippen LogP contribution in [-0.2, 0) is 23.4 Å². The average Bonchev–Trinajstić information content (AvgIpc) is 3.10. The summed E-state index contributed by atoms with van der Waals surface area (Å²) in [4.78, 5) is 11.8. The lowest BCUT2D eigenvalue weighted by atomic mass is 10.0. The van der Waals surface area contributed by atoms with E-state index >= 15 is 0 Å². The van der Waals surface area contributed by atoms with Gasteiger partial charge in [-0.1, -0.05) is 20.8 Å². The molecule has 0 aromatic carbocycles. The van der Waals surface area contributed by atoms with Gasteiger partial charge >= 0.3 is 5.97 Å². The summed E-state index contributed by atoms with van der Waals surface area (Å²) in [7, 11) is -1.93. The molecule has 0 saturated carbocycles. The number of hydrogen-bond acceptors (Lipinski definition) is 5. The Kier molecular flexibility index (Phi) is 4.83. The molecule has 2 fully saturated rings. The Balaban J connectivity index is 2.04. The Morgan fingerprint density at radius 3 is 2.57 bits per heavy atom. The van der Waals surface area contributed by atoms with E-state index in [1.807, 2.05) is 6.92 Å². The van der Waals surface area contributed by atoms with E-state index < -0.39 is 8.32 Å². The van der Waals surface area contributed by atoms with Gasteiger partial charge in [-0.05, 0) is 25.1 Å². The van der Waals surface area contributed by atoms with Gasteiger partial charge in [-0.25, -0.2) is 0 Å². The van der Waals surface area contributed by atoms with Crippen LogP contribution in [0, 0.1) is 0 Å². The van der Waals surface area contributed by atoms with Crippen LogP contribution in [0.4, 0.5) is 0 Å². The molecule has 0 radical (unpaired) electrons. The molecule has 21 heavy (non-hydrogen) atoms. The Morgan fingerprint density at radius 2 is 2.00 bits per heavy atom. The van der Waals surface area contributed by atoms with Gasteiger partial charge in [0.2, 0.25) is 0 Å². The SMILES string of the molecule is CCOC(=O)C[C@@H]1OC[C@H]2O[C@H]2[C@H]1O[Si](C)(C)C(C)(C)C. The number of hydrogen-bond donors (Lipinski definition) is 0. The van der Waals surface area contributed by atoms with Gasteiger partial charge in [-0.2, -0.15) is 0 Å². The number of epoxide rings is 1. The van der Waals surface area contributed by atoms with E-state index in [-0.39, 0.29) is 41.8 Å². The number of ether oxygens (including phenoxy) is 3. The quantitative estimate of drug-likeness (QED) is 0.443. The van der Waals surface area contributed by atoms with E-state index in [1.54, 1.807) is 0 Å². The molecule has 0 amide bonds. The fourth-order valence-electron chi connectivity index (χ4n) is 2.32. The summed E-state index contributed by atoms with van der Waals surface area (Å²) in [5, 5.41) is 0.114. The second kappa shape index (κ2) is 5.99. The van der Waals surface area contributed by atoms with E-state index in [0.29, 0.717) is 13.2 Å². The number of carbonyl (C=O) groups excluding carboxylic acids is 1. The highest BCUT2D eigenvalue weighted by atomic mass is 28.4. The lowest BCUT2D eigenvalue weighted by Gasteiger charge is -2.41. The number of carbonyl (C=O) groups is 1. The molecule has 0 bridgehead atoms. The smallest absolute Gasteiger partial charge is 0.308 e. The number of fused-ring (bicyclic) bond motifs is 1. The molecule has 2 rings (SSSR count). The minimum atomic E-state index is -1.93. The van der Waals surface area contributed by atoms with E-state index in [0.717, 1.165) is 0 Å². The molecule has 4 atom stereocenters. The molecule has 0 aromatic heterocycles. The molecule has 0 N–H and O–H groups in total. The van der Waals surface area contributed by atoms with E-state index in [4.69, 9.17) is 18.6 Å². The fourth-order valence-corrected chi connectivity index (χ4v) is 3.64. The highest BCUT2D eigenvalue weighted by Crippen LogP contribution is 2.43. The minimum Gasteiger partial charge on any atom is -0.466 e. The molecule has 6 heteroatoms. The van der Waals surface area contributed by atoms with Crippen LogP contribution in [0.15, 0.2) is 0 Å². The third kappa shape index (κ3) is 3.86. The van der Waals surface area contributed by atoms with E-state index in [1.165, 1.54) is 0 Å². The van der Waals surface area contributed by atoms with Crippen LogP contribution in [0.5, 0.6) is 0 Å². The van der Waals surface area contributed by atoms with Crippen LogP contribution in [0.1, 0.15) is 34.1 Å². The van der Waals surface area contributed by atoms with Crippen molar-refractivity contribution in [1.29, 1.82) is 0 Å². The van der Waals surface area contributed by atoms with Crippen molar-refractivity contribution in [2.75, 3.05) is 13.2 Å². The van der Waals surface area contributed by atoms with Crippen LogP contribution >= 0.6 is 0 Å². The monoisotopic (exact) mass is 316 g/mol. The summed E-state index contributed by atoms with van der Waals surface area (Å²) < 4.78 is 22.9. The lowest BCUT2D eigenvalue weighted by Crippen LogP contribution is -2.52. The summed E-state index contributed by atoms with van der Waals surface area (Å²) in [5.41, 5.74) is 0. The summed E-state index contributed by atoms with van der Waals surface area (Å²) >= 11 is 0. The normalized spacial score (nSPS) is 32.5. The summed E-state index contributed by atoms with van der Waals surface area (Å²) in [6, 6.07) is 0. The molecule has 5 nitrogen and oxygen atoms in total. The van der Waals surface area contributed by atoms with Crippen molar-refractivity contribution in [2.24, 2.45) is 0 Å². The van der Waals surface area contributed by atoms with Crippen molar-refractivity contribution in [3.8, 4) is 0 Å². The van der Waals surface area contributed by atoms with Gasteiger partial charge in [0.1, 0.15) is 18.3 Å². The van der Waals surface area contributed by atoms with Gasteiger partial charge in [-0.3, -0.25) is 4.79 Å². The zero-order valence-electron chi connectivity index (χ0n) is 14.0. The highest BCUT2D eigenvalue weighted by Gasteiger charge is 2.56. The molecule has 2 aliphatic heterocycles. The van der Waals surface area contributed by atoms with Crippen LogP contribution in [0.25, 0.3) is 0 Å². The molecule has 0 unspecified atom stereocenters. The molecule has 122 valence electrons. The average molecular weight is 316 g/mol. The van der Waals surface area contributed by atoms with Crippen molar-refractivity contribution in [2.45, 2.75) is 76.7 Å². The molecular formula is C15H28O5Si. The van der Waals surface area contributed by atoms with E-state index in [9.17, 15) is 4.79 Å². The van der Waals surface area contributed by atoms with Crippen LogP contribution < -0.4 is 0 Å². The highest BCUT2D eigenvalue weighted by molar-refractivity contribution is 6.74. The molecule has 2 saturated heterocycles. The van der Waals surface area contributed by atoms with Gasteiger partial charge in [0.25, 0.3) is 0 Å². The van der Waals surface area contributed by atoms with Gasteiger partial charge in [-0.15, -0.1) is 0 Å². The topological polar surface area (TPSA) is 57.3 Å². The molecule has 2 heterocycles. The Hall–Kier alpha value is -0.433. The summed E-state index contributed by atoms with van der Waals surface area (Å²) in [6.45, 7) is 13.8. The first-order valence-electron chi connectivity index (χ1n) is 7.76. The third-order valence-corrected chi connectivity index (χ3v) is 9.17. The van der Waals surface area contributed by atoms with Gasteiger partial charge in [0, 0.05) is 0 Å². The van der Waals surface area contributed by atoms with Gasteiger partial charge in [0.05, 0.1) is 25.7 Å². The van der Waals surface area contributed by atoms with Gasteiger partial charge < -0.3 is 18.6 Å². The first kappa shape index (κ1) is 16.9. The summed E-state index contributed by atoms with van der Waals surface area (Å²) in [6.07, 6.45) is 0.0289. The van der Waals surface area contributed by atoms with Crippen molar-refractivity contribution >= 4 is 14.3 Å². The Morgan fingerprint density at radius 1 is 1.33 bits per heavy atom. The maximum Gasteiger partial charge on any atom is 0.308 e. The van der Waals surface area contributed by atoms with Gasteiger partial charge in [0.15, 0.2) is 8.32 Å². The predicted octanol–water partition coefficient (Wildman–Crippen LogP) is 2.50. The second-order valence-corrected chi connectivity index (χ2v) is 12.1. The van der Waals surface area contributed by atoms with Crippen molar-refractivity contribution in [1.82, 2.24) is 0 Å². The lowest BCUT2D eigenvalue weighted by molar-refractivity contribution is -0.150. The largest absolute Gasteiger partial charge is 0.466 e. The molecule has 0 spiro atoms. The fraction of sp³-hybridized carbons (Fsp3) is 0.933. The number of esters is 1. The first-order chi connectivity index (χ1) is 9.65. The first-order valence-corrected chi connectivity index (χ1v) is 10.7. The third-order valence-electron chi connectivity index (χ3n) is 4.70. The maximum absolute atomic E-state index is 11.8. The molecular weight excluding hydrogens is 288 g/mol. The van der Waals surface area contributed by atoms with Crippen LogP contribution in [0.3, 0.4) is 0 Å². The van der Waals surface area contributed by atoms with Crippen LogP contribution in [-0.4, -0.2) is 51.9 Å². The van der Waals surface area contributed by atoms with Crippen molar-refractivity contribution in [3.05, 3.63) is 0 Å². The molecule has 2 aliphatic rings. The van der Waals surface area contributed by atoms with Crippen LogP contribution in [0.2, 0.25) is 18.1 Å². The Labute approximate surface area is 128 Å². The van der Waals surface area contributed by atoms with Crippen molar-refractivity contribution < 1.29 is 23.4 Å². The summed E-state index contributed by atoms with van der Waals surface area (Å²) in [5.74, 6) is -0.231. The Bertz CT molecular complexity index is 390. The van der Waals surface area contributed by atoms with E-state index in [2.05, 4.69) is 33.9 Å². The number of rotatable bonds is 5. The molecule has 0 aliphatic carbocycles. The van der Waals surface area contributed by atoms with Crippen molar-refractivity contribution in [3.63, 3.8) is 0 Å². The zero-order chi connectivity index (χ0) is 15.8. The standard InChI is InChI=1S/C15H28O5Si/c1-7-17-12(16)8-10-14(13-11(19-13)9-18-10)20-21(5,6)15(2,3)4/h10-11,13-14H,7-9H2,1-6H3/t10-,11+,13+,14-/m0/s1. The minimum absolute atomic E-state index is 0.0762. The second-order valence-electron chi connectivity index (χ2n) is 7.36. The maximum atomic E-state index is 11.8. The molecule has 0 aromatic rings.